The van der Waals surface area contributed by atoms with Crippen molar-refractivity contribution in [2.45, 2.75) is 19.4 Å². The summed E-state index contributed by atoms with van der Waals surface area (Å²) in [7, 11) is 0. The lowest BCUT2D eigenvalue weighted by atomic mass is 10.2. The largest absolute Gasteiger partial charge is 0.381 e. The van der Waals surface area contributed by atoms with E-state index in [1.165, 1.54) is 0 Å². The maximum absolute atomic E-state index is 12.2. The van der Waals surface area contributed by atoms with Gasteiger partial charge in [0.2, 0.25) is 5.91 Å². The average Bonchev–Trinajstić information content (AvgIpc) is 2.99. The number of hydrogen-bond acceptors (Lipinski definition) is 3. The summed E-state index contributed by atoms with van der Waals surface area (Å²) in [4.78, 5) is 14.4. The summed E-state index contributed by atoms with van der Waals surface area (Å²) < 4.78 is 0. The molecule has 1 aliphatic rings. The quantitative estimate of drug-likeness (QED) is 0.868. The number of halogens is 1. The molecule has 24 heavy (non-hydrogen) atoms. The maximum atomic E-state index is 12.2. The van der Waals surface area contributed by atoms with Crippen molar-refractivity contribution >= 4 is 28.9 Å². The van der Waals surface area contributed by atoms with Gasteiger partial charge in [-0.2, -0.15) is 0 Å². The number of nitrogens with one attached hydrogen (secondary N) is 2. The van der Waals surface area contributed by atoms with E-state index in [4.69, 9.17) is 11.6 Å². The number of rotatable bonds is 5. The molecular formula is C19H22ClN3O. The fourth-order valence-electron chi connectivity index (χ4n) is 2.94. The summed E-state index contributed by atoms with van der Waals surface area (Å²) in [6, 6.07) is 16.1. The fraction of sp³-hybridized carbons (Fsp3) is 0.316. The van der Waals surface area contributed by atoms with Crippen molar-refractivity contribution in [1.29, 1.82) is 0 Å². The van der Waals surface area contributed by atoms with E-state index in [-0.39, 0.29) is 5.91 Å². The molecule has 1 amide bonds. The summed E-state index contributed by atoms with van der Waals surface area (Å²) in [6.45, 7) is 4.14. The number of anilines is 2. The van der Waals surface area contributed by atoms with Crippen molar-refractivity contribution in [3.63, 3.8) is 0 Å². The van der Waals surface area contributed by atoms with Crippen LogP contribution in [-0.2, 0) is 4.79 Å². The van der Waals surface area contributed by atoms with Crippen LogP contribution >= 0.6 is 11.6 Å². The van der Waals surface area contributed by atoms with E-state index in [1.54, 1.807) is 6.07 Å². The molecule has 2 N–H and O–H groups in total. The third kappa shape index (κ3) is 4.49. The first-order chi connectivity index (χ1) is 11.6. The van der Waals surface area contributed by atoms with Gasteiger partial charge in [-0.05, 0) is 43.2 Å². The smallest absolute Gasteiger partial charge is 0.238 e. The van der Waals surface area contributed by atoms with Crippen LogP contribution in [0.25, 0.3) is 0 Å². The Kier molecular flexibility index (Phi) is 5.38. The second-order valence-electron chi connectivity index (χ2n) is 6.24. The number of hydrogen-bond donors (Lipinski definition) is 2. The number of benzene rings is 2. The average molecular weight is 344 g/mol. The second kappa shape index (κ2) is 7.69. The summed E-state index contributed by atoms with van der Waals surface area (Å²) in [5.74, 6) is -0.00437. The minimum Gasteiger partial charge on any atom is -0.381 e. The Morgan fingerprint density at radius 3 is 2.75 bits per heavy atom. The predicted octanol–water partition coefficient (Wildman–Crippen LogP) is 3.77. The lowest BCUT2D eigenvalue weighted by Gasteiger charge is -2.17. The van der Waals surface area contributed by atoms with Gasteiger partial charge in [0, 0.05) is 35.5 Å². The molecule has 0 bridgehead atoms. The molecule has 126 valence electrons. The first-order valence-electron chi connectivity index (χ1n) is 8.20. The third-order valence-electron chi connectivity index (χ3n) is 4.24. The van der Waals surface area contributed by atoms with Gasteiger partial charge in [0.1, 0.15) is 0 Å². The van der Waals surface area contributed by atoms with E-state index in [2.05, 4.69) is 27.7 Å². The fourth-order valence-corrected chi connectivity index (χ4v) is 3.12. The SMILES string of the molecule is Cc1ccc(NC(=O)CN2CC[C@@H](Nc3ccccc3)C2)cc1Cl. The molecule has 1 atom stereocenters. The highest BCUT2D eigenvalue weighted by molar-refractivity contribution is 6.31. The molecule has 2 aromatic carbocycles. The molecule has 0 saturated carbocycles. The summed E-state index contributed by atoms with van der Waals surface area (Å²) in [5, 5.41) is 7.10. The van der Waals surface area contributed by atoms with Crippen LogP contribution in [0.1, 0.15) is 12.0 Å². The number of amides is 1. The molecule has 0 radical (unpaired) electrons. The Balaban J connectivity index is 1.48. The number of likely N-dealkylation sites (tertiary alicyclic amines) is 1. The van der Waals surface area contributed by atoms with Crippen molar-refractivity contribution in [1.82, 2.24) is 4.90 Å². The normalized spacial score (nSPS) is 17.7. The Hall–Kier alpha value is -2.04. The molecule has 0 aromatic heterocycles. The molecule has 2 aromatic rings. The number of para-hydroxylation sites is 1. The van der Waals surface area contributed by atoms with E-state index in [1.807, 2.05) is 37.3 Å². The topological polar surface area (TPSA) is 44.4 Å². The van der Waals surface area contributed by atoms with E-state index < -0.39 is 0 Å². The number of nitrogens with zero attached hydrogens (tertiary/aromatic N) is 1. The first kappa shape index (κ1) is 16.8. The van der Waals surface area contributed by atoms with Crippen LogP contribution in [0.3, 0.4) is 0 Å². The van der Waals surface area contributed by atoms with Crippen LogP contribution in [0, 0.1) is 6.92 Å². The van der Waals surface area contributed by atoms with Gasteiger partial charge in [-0.25, -0.2) is 0 Å². The summed E-state index contributed by atoms with van der Waals surface area (Å²) in [6.07, 6.45) is 1.04. The molecule has 3 rings (SSSR count). The van der Waals surface area contributed by atoms with Crippen LogP contribution in [0.5, 0.6) is 0 Å². The van der Waals surface area contributed by atoms with Gasteiger partial charge in [-0.1, -0.05) is 35.9 Å². The van der Waals surface area contributed by atoms with E-state index >= 15 is 0 Å². The Bertz CT molecular complexity index is 705. The predicted molar refractivity (Wildman–Crippen MR) is 99.7 cm³/mol. The van der Waals surface area contributed by atoms with Gasteiger partial charge in [0.15, 0.2) is 0 Å². The molecule has 1 heterocycles. The number of carbonyl (C=O) groups is 1. The molecule has 0 aliphatic carbocycles. The van der Waals surface area contributed by atoms with Gasteiger partial charge < -0.3 is 10.6 Å². The van der Waals surface area contributed by atoms with Gasteiger partial charge in [-0.15, -0.1) is 0 Å². The zero-order valence-corrected chi connectivity index (χ0v) is 14.5. The number of aryl methyl sites for hydroxylation is 1. The van der Waals surface area contributed by atoms with E-state index in [0.29, 0.717) is 17.6 Å². The van der Waals surface area contributed by atoms with E-state index in [9.17, 15) is 4.79 Å². The molecule has 1 aliphatic heterocycles. The van der Waals surface area contributed by atoms with Crippen LogP contribution in [0.4, 0.5) is 11.4 Å². The van der Waals surface area contributed by atoms with Crippen LogP contribution < -0.4 is 10.6 Å². The lowest BCUT2D eigenvalue weighted by molar-refractivity contribution is -0.117. The zero-order chi connectivity index (χ0) is 16.9. The van der Waals surface area contributed by atoms with Crippen LogP contribution in [0.2, 0.25) is 5.02 Å². The standard InChI is InChI=1S/C19H22ClN3O/c1-14-7-8-16(11-18(14)20)22-19(24)13-23-10-9-17(12-23)21-15-5-3-2-4-6-15/h2-8,11,17,21H,9-10,12-13H2,1H3,(H,22,24)/t17-/m1/s1. The van der Waals surface area contributed by atoms with Gasteiger partial charge in [0.25, 0.3) is 0 Å². The van der Waals surface area contributed by atoms with E-state index in [0.717, 1.165) is 36.4 Å². The molecule has 5 heteroatoms. The van der Waals surface area contributed by atoms with Crippen molar-refractivity contribution in [2.24, 2.45) is 0 Å². The Morgan fingerprint density at radius 1 is 1.21 bits per heavy atom. The first-order valence-corrected chi connectivity index (χ1v) is 8.58. The van der Waals surface area contributed by atoms with Crippen molar-refractivity contribution in [3.8, 4) is 0 Å². The van der Waals surface area contributed by atoms with Gasteiger partial charge in [0.05, 0.1) is 6.54 Å². The minimum absolute atomic E-state index is 0.00437. The number of carbonyl (C=O) groups excluding carboxylic acids is 1. The summed E-state index contributed by atoms with van der Waals surface area (Å²) >= 11 is 6.09. The molecule has 0 spiro atoms. The van der Waals surface area contributed by atoms with Crippen molar-refractivity contribution in [2.75, 3.05) is 30.3 Å². The van der Waals surface area contributed by atoms with Crippen molar-refractivity contribution in [3.05, 3.63) is 59.1 Å². The minimum atomic E-state index is -0.00437. The van der Waals surface area contributed by atoms with Crippen LogP contribution in [0.15, 0.2) is 48.5 Å². The molecule has 0 unspecified atom stereocenters. The molecule has 1 saturated heterocycles. The third-order valence-corrected chi connectivity index (χ3v) is 4.65. The van der Waals surface area contributed by atoms with Gasteiger partial charge in [-0.3, -0.25) is 9.69 Å². The highest BCUT2D eigenvalue weighted by atomic mass is 35.5. The molecular weight excluding hydrogens is 322 g/mol. The second-order valence-corrected chi connectivity index (χ2v) is 6.65. The summed E-state index contributed by atoms with van der Waals surface area (Å²) in [5.41, 5.74) is 2.88. The highest BCUT2D eigenvalue weighted by Gasteiger charge is 2.23. The highest BCUT2D eigenvalue weighted by Crippen LogP contribution is 2.20. The molecule has 4 nitrogen and oxygen atoms in total. The Morgan fingerprint density at radius 2 is 2.00 bits per heavy atom. The Labute approximate surface area is 147 Å². The van der Waals surface area contributed by atoms with Crippen molar-refractivity contribution < 1.29 is 4.79 Å². The monoisotopic (exact) mass is 343 g/mol. The van der Waals surface area contributed by atoms with Crippen LogP contribution in [-0.4, -0.2) is 36.5 Å². The molecule has 1 fully saturated rings. The lowest BCUT2D eigenvalue weighted by Crippen LogP contribution is -2.33. The zero-order valence-electron chi connectivity index (χ0n) is 13.8. The maximum Gasteiger partial charge on any atom is 0.238 e. The van der Waals surface area contributed by atoms with Gasteiger partial charge >= 0.3 is 0 Å².